The third-order valence-electron chi connectivity index (χ3n) is 3.01. The Morgan fingerprint density at radius 1 is 1.41 bits per heavy atom. The van der Waals surface area contributed by atoms with Gasteiger partial charge in [-0.15, -0.1) is 11.8 Å². The molecule has 0 bridgehead atoms. The summed E-state index contributed by atoms with van der Waals surface area (Å²) in [7, 11) is 0. The maximum absolute atomic E-state index is 10.3. The van der Waals surface area contributed by atoms with Crippen molar-refractivity contribution >= 4 is 29.1 Å². The summed E-state index contributed by atoms with van der Waals surface area (Å²) in [5.74, 6) is 0.703. The molecule has 1 aromatic carbocycles. The highest BCUT2D eigenvalue weighted by Crippen LogP contribution is 2.31. The first-order valence-electron chi connectivity index (χ1n) is 5.70. The third-order valence-corrected chi connectivity index (χ3v) is 4.61. The van der Waals surface area contributed by atoms with Crippen molar-refractivity contribution in [2.75, 3.05) is 24.6 Å². The van der Waals surface area contributed by atoms with Crippen molar-refractivity contribution in [2.45, 2.75) is 23.3 Å². The molecule has 1 saturated heterocycles. The molecule has 2 rings (SSSR count). The first kappa shape index (κ1) is 13.0. The van der Waals surface area contributed by atoms with E-state index in [1.54, 1.807) is 17.8 Å². The zero-order valence-corrected chi connectivity index (χ0v) is 11.2. The van der Waals surface area contributed by atoms with E-state index in [1.807, 2.05) is 12.1 Å². The predicted molar refractivity (Wildman–Crippen MR) is 73.6 cm³/mol. The average molecular weight is 273 g/mol. The molecule has 0 aromatic heterocycles. The van der Waals surface area contributed by atoms with Gasteiger partial charge >= 0.3 is 0 Å². The van der Waals surface area contributed by atoms with Crippen molar-refractivity contribution in [3.63, 3.8) is 0 Å². The lowest BCUT2D eigenvalue weighted by Crippen LogP contribution is -2.43. The van der Waals surface area contributed by atoms with Gasteiger partial charge in [-0.25, -0.2) is 0 Å². The smallest absolute Gasteiger partial charge is 0.0765 e. The maximum Gasteiger partial charge on any atom is 0.0765 e. The summed E-state index contributed by atoms with van der Waals surface area (Å²) in [6, 6.07) is 5.60. The molecule has 0 saturated carbocycles. The van der Waals surface area contributed by atoms with Crippen molar-refractivity contribution in [3.8, 4) is 0 Å². The van der Waals surface area contributed by atoms with Crippen LogP contribution < -0.4 is 11.1 Å². The van der Waals surface area contributed by atoms with E-state index in [0.29, 0.717) is 16.5 Å². The van der Waals surface area contributed by atoms with Crippen molar-refractivity contribution in [3.05, 3.63) is 23.2 Å². The van der Waals surface area contributed by atoms with Crippen LogP contribution in [0.25, 0.3) is 0 Å². The van der Waals surface area contributed by atoms with Gasteiger partial charge in [0.05, 0.1) is 16.3 Å². The van der Waals surface area contributed by atoms with Crippen LogP contribution in [0.1, 0.15) is 12.8 Å². The van der Waals surface area contributed by atoms with E-state index >= 15 is 0 Å². The van der Waals surface area contributed by atoms with E-state index in [2.05, 4.69) is 5.32 Å². The van der Waals surface area contributed by atoms with Crippen LogP contribution in [0.3, 0.4) is 0 Å². The molecule has 0 atom stereocenters. The molecule has 1 fully saturated rings. The minimum absolute atomic E-state index is 0.552. The number of nitrogens with one attached hydrogen (secondary N) is 1. The second-order valence-electron chi connectivity index (χ2n) is 4.45. The van der Waals surface area contributed by atoms with Crippen LogP contribution >= 0.6 is 23.4 Å². The third kappa shape index (κ3) is 3.52. The Bertz CT molecular complexity index is 394. The number of benzene rings is 1. The van der Waals surface area contributed by atoms with Gasteiger partial charge in [0.15, 0.2) is 0 Å². The SMILES string of the molecule is Nc1ccc(SCC2(O)CCNCC2)cc1Cl. The van der Waals surface area contributed by atoms with Crippen molar-refractivity contribution in [1.29, 1.82) is 0 Å². The van der Waals surface area contributed by atoms with Gasteiger partial charge in [0.25, 0.3) is 0 Å². The largest absolute Gasteiger partial charge is 0.398 e. The van der Waals surface area contributed by atoms with Crippen LogP contribution in [-0.4, -0.2) is 29.5 Å². The predicted octanol–water partition coefficient (Wildman–Crippen LogP) is 2.13. The normalized spacial score (nSPS) is 19.2. The fourth-order valence-corrected chi connectivity index (χ4v) is 3.19. The molecule has 94 valence electrons. The highest BCUT2D eigenvalue weighted by molar-refractivity contribution is 7.99. The Labute approximate surface area is 111 Å². The van der Waals surface area contributed by atoms with Gasteiger partial charge in [0.1, 0.15) is 0 Å². The molecule has 0 aliphatic carbocycles. The van der Waals surface area contributed by atoms with Crippen LogP contribution in [-0.2, 0) is 0 Å². The molecular formula is C12H17ClN2OS. The Kier molecular flexibility index (Phi) is 4.20. The van der Waals surface area contributed by atoms with Crippen molar-refractivity contribution in [1.82, 2.24) is 5.32 Å². The number of hydrogen-bond donors (Lipinski definition) is 3. The Morgan fingerprint density at radius 3 is 2.76 bits per heavy atom. The number of anilines is 1. The van der Waals surface area contributed by atoms with Crippen LogP contribution in [0, 0.1) is 0 Å². The summed E-state index contributed by atoms with van der Waals surface area (Å²) in [5, 5.41) is 14.2. The summed E-state index contributed by atoms with van der Waals surface area (Å²) in [6.45, 7) is 1.78. The lowest BCUT2D eigenvalue weighted by atomic mass is 9.95. The molecule has 3 nitrogen and oxygen atoms in total. The topological polar surface area (TPSA) is 58.3 Å². The summed E-state index contributed by atoms with van der Waals surface area (Å²) >= 11 is 7.59. The van der Waals surface area contributed by atoms with Crippen LogP contribution in [0.5, 0.6) is 0 Å². The molecule has 4 N–H and O–H groups in total. The van der Waals surface area contributed by atoms with Gasteiger partial charge in [-0.3, -0.25) is 0 Å². The second kappa shape index (κ2) is 5.48. The fourth-order valence-electron chi connectivity index (χ4n) is 1.85. The molecule has 5 heteroatoms. The summed E-state index contributed by atoms with van der Waals surface area (Å²) in [5.41, 5.74) is 5.70. The zero-order chi connectivity index (χ0) is 12.3. The average Bonchev–Trinajstić information content (AvgIpc) is 2.32. The number of rotatable bonds is 3. The minimum atomic E-state index is -0.552. The number of piperidine rings is 1. The molecule has 0 amide bonds. The van der Waals surface area contributed by atoms with Gasteiger partial charge in [-0.05, 0) is 44.1 Å². The van der Waals surface area contributed by atoms with E-state index in [9.17, 15) is 5.11 Å². The van der Waals surface area contributed by atoms with Crippen LogP contribution in [0.4, 0.5) is 5.69 Å². The van der Waals surface area contributed by atoms with Gasteiger partial charge in [-0.2, -0.15) is 0 Å². The van der Waals surface area contributed by atoms with E-state index < -0.39 is 5.60 Å². The quantitative estimate of drug-likeness (QED) is 0.583. The second-order valence-corrected chi connectivity index (χ2v) is 5.90. The minimum Gasteiger partial charge on any atom is -0.398 e. The Hall–Kier alpha value is -0.420. The molecule has 0 spiro atoms. The van der Waals surface area contributed by atoms with E-state index in [1.165, 1.54) is 0 Å². The number of thioether (sulfide) groups is 1. The van der Waals surface area contributed by atoms with Gasteiger partial charge in [-0.1, -0.05) is 11.6 Å². The number of aliphatic hydroxyl groups is 1. The molecule has 1 heterocycles. The summed E-state index contributed by atoms with van der Waals surface area (Å²) in [6.07, 6.45) is 1.62. The van der Waals surface area contributed by atoms with Crippen molar-refractivity contribution in [2.24, 2.45) is 0 Å². The molecule has 1 aliphatic heterocycles. The summed E-state index contributed by atoms with van der Waals surface area (Å²) < 4.78 is 0. The van der Waals surface area contributed by atoms with Crippen molar-refractivity contribution < 1.29 is 5.11 Å². The monoisotopic (exact) mass is 272 g/mol. The summed E-state index contributed by atoms with van der Waals surface area (Å²) in [4.78, 5) is 1.05. The fraction of sp³-hybridized carbons (Fsp3) is 0.500. The van der Waals surface area contributed by atoms with Crippen LogP contribution in [0.2, 0.25) is 5.02 Å². The maximum atomic E-state index is 10.3. The molecule has 1 aromatic rings. The molecular weight excluding hydrogens is 256 g/mol. The Balaban J connectivity index is 1.94. The van der Waals surface area contributed by atoms with E-state index in [4.69, 9.17) is 17.3 Å². The van der Waals surface area contributed by atoms with Gasteiger partial charge in [0.2, 0.25) is 0 Å². The number of hydrogen-bond acceptors (Lipinski definition) is 4. The Morgan fingerprint density at radius 2 is 2.12 bits per heavy atom. The highest BCUT2D eigenvalue weighted by Gasteiger charge is 2.28. The van der Waals surface area contributed by atoms with E-state index in [-0.39, 0.29) is 0 Å². The molecule has 0 radical (unpaired) electrons. The van der Waals surface area contributed by atoms with Gasteiger partial charge < -0.3 is 16.2 Å². The number of halogens is 1. The number of nitrogen functional groups attached to an aromatic ring is 1. The lowest BCUT2D eigenvalue weighted by Gasteiger charge is -2.32. The van der Waals surface area contributed by atoms with Crippen LogP contribution in [0.15, 0.2) is 23.1 Å². The molecule has 1 aliphatic rings. The first-order chi connectivity index (χ1) is 8.09. The molecule has 17 heavy (non-hydrogen) atoms. The molecule has 0 unspecified atom stereocenters. The lowest BCUT2D eigenvalue weighted by molar-refractivity contribution is 0.0339. The highest BCUT2D eigenvalue weighted by atomic mass is 35.5. The number of nitrogens with two attached hydrogens (primary N) is 1. The van der Waals surface area contributed by atoms with E-state index in [0.717, 1.165) is 30.8 Å². The van der Waals surface area contributed by atoms with Gasteiger partial charge in [0, 0.05) is 10.6 Å². The zero-order valence-electron chi connectivity index (χ0n) is 9.58. The first-order valence-corrected chi connectivity index (χ1v) is 7.06. The standard InChI is InChI=1S/C12H17ClN2OS/c13-10-7-9(1-2-11(10)14)17-8-12(16)3-5-15-6-4-12/h1-2,7,15-16H,3-6,8,14H2.